The van der Waals surface area contributed by atoms with E-state index >= 15 is 0 Å². The summed E-state index contributed by atoms with van der Waals surface area (Å²) in [6, 6.07) is 7.95. The van der Waals surface area contributed by atoms with Gasteiger partial charge < -0.3 is 4.74 Å². The Morgan fingerprint density at radius 2 is 2.13 bits per heavy atom. The number of hydrogen-bond donors (Lipinski definition) is 0. The summed E-state index contributed by atoms with van der Waals surface area (Å²) in [7, 11) is 1.38. The van der Waals surface area contributed by atoms with Crippen LogP contribution < -0.4 is 0 Å². The standard InChI is InChI=1S/C12H13BrO2/c1-9(7-12(14)15-2)11-6-4-3-5-10(11)8-13/h3-7H,8H2,1-2H3/b9-7-. The summed E-state index contributed by atoms with van der Waals surface area (Å²) in [6.07, 6.45) is 1.50. The normalized spacial score (nSPS) is 11.3. The van der Waals surface area contributed by atoms with Crippen molar-refractivity contribution in [1.29, 1.82) is 0 Å². The van der Waals surface area contributed by atoms with Crippen molar-refractivity contribution in [3.63, 3.8) is 0 Å². The van der Waals surface area contributed by atoms with E-state index in [9.17, 15) is 4.79 Å². The molecule has 0 aliphatic carbocycles. The Morgan fingerprint density at radius 1 is 1.47 bits per heavy atom. The molecule has 0 saturated heterocycles. The lowest BCUT2D eigenvalue weighted by atomic mass is 10.0. The molecule has 1 rings (SSSR count). The van der Waals surface area contributed by atoms with Crippen LogP contribution in [0.1, 0.15) is 18.1 Å². The van der Waals surface area contributed by atoms with Crippen LogP contribution in [0.5, 0.6) is 0 Å². The van der Waals surface area contributed by atoms with E-state index in [1.807, 2.05) is 31.2 Å². The summed E-state index contributed by atoms with van der Waals surface area (Å²) >= 11 is 3.42. The molecule has 0 amide bonds. The van der Waals surface area contributed by atoms with Crippen LogP contribution in [0.2, 0.25) is 0 Å². The number of halogens is 1. The predicted octanol–water partition coefficient (Wildman–Crippen LogP) is 3.16. The second-order valence-corrected chi connectivity index (χ2v) is 3.70. The topological polar surface area (TPSA) is 26.3 Å². The molecule has 0 atom stereocenters. The number of hydrogen-bond acceptors (Lipinski definition) is 2. The Hall–Kier alpha value is -1.09. The van der Waals surface area contributed by atoms with Crippen molar-refractivity contribution >= 4 is 27.5 Å². The van der Waals surface area contributed by atoms with Crippen molar-refractivity contribution in [2.75, 3.05) is 7.11 Å². The number of rotatable bonds is 3. The van der Waals surface area contributed by atoms with E-state index in [1.54, 1.807) is 0 Å². The average Bonchev–Trinajstić information content (AvgIpc) is 2.28. The van der Waals surface area contributed by atoms with Crippen LogP contribution in [0.15, 0.2) is 30.3 Å². The fourth-order valence-electron chi connectivity index (χ4n) is 1.33. The number of methoxy groups -OCH3 is 1. The van der Waals surface area contributed by atoms with Gasteiger partial charge in [-0.05, 0) is 23.6 Å². The van der Waals surface area contributed by atoms with Gasteiger partial charge in [0.1, 0.15) is 0 Å². The Labute approximate surface area is 98.1 Å². The second kappa shape index (κ2) is 5.71. The monoisotopic (exact) mass is 268 g/mol. The summed E-state index contributed by atoms with van der Waals surface area (Å²) < 4.78 is 4.59. The van der Waals surface area contributed by atoms with Crippen molar-refractivity contribution in [2.24, 2.45) is 0 Å². The van der Waals surface area contributed by atoms with Crippen molar-refractivity contribution in [3.8, 4) is 0 Å². The van der Waals surface area contributed by atoms with Crippen LogP contribution in [0, 0.1) is 0 Å². The summed E-state index contributed by atoms with van der Waals surface area (Å²) in [4.78, 5) is 11.1. The van der Waals surface area contributed by atoms with Gasteiger partial charge in [-0.3, -0.25) is 0 Å². The number of carbonyl (C=O) groups is 1. The molecule has 0 fully saturated rings. The molecular weight excluding hydrogens is 256 g/mol. The number of ether oxygens (including phenoxy) is 1. The smallest absolute Gasteiger partial charge is 0.330 e. The Bertz CT molecular complexity index is 383. The number of esters is 1. The summed E-state index contributed by atoms with van der Waals surface area (Å²) in [6.45, 7) is 1.90. The zero-order valence-electron chi connectivity index (χ0n) is 8.79. The van der Waals surface area contributed by atoms with Gasteiger partial charge in [0.15, 0.2) is 0 Å². The van der Waals surface area contributed by atoms with E-state index in [0.29, 0.717) is 0 Å². The maximum atomic E-state index is 11.1. The van der Waals surface area contributed by atoms with Gasteiger partial charge in [-0.2, -0.15) is 0 Å². The fourth-order valence-corrected chi connectivity index (χ4v) is 1.82. The third-order valence-electron chi connectivity index (χ3n) is 2.12. The predicted molar refractivity (Wildman–Crippen MR) is 64.7 cm³/mol. The molecule has 0 aliphatic heterocycles. The molecule has 1 aromatic rings. The highest BCUT2D eigenvalue weighted by molar-refractivity contribution is 9.08. The third kappa shape index (κ3) is 3.20. The first kappa shape index (κ1) is 12.0. The minimum absolute atomic E-state index is 0.322. The minimum atomic E-state index is -0.322. The molecule has 0 unspecified atom stereocenters. The van der Waals surface area contributed by atoms with E-state index in [0.717, 1.165) is 22.0 Å². The van der Waals surface area contributed by atoms with Gasteiger partial charge in [-0.15, -0.1) is 0 Å². The molecule has 0 aromatic heterocycles. The van der Waals surface area contributed by atoms with Crippen LogP contribution in [0.25, 0.3) is 5.57 Å². The van der Waals surface area contributed by atoms with Crippen LogP contribution in [0.3, 0.4) is 0 Å². The molecular formula is C12H13BrO2. The molecule has 0 N–H and O–H groups in total. The largest absolute Gasteiger partial charge is 0.466 e. The second-order valence-electron chi connectivity index (χ2n) is 3.14. The zero-order chi connectivity index (χ0) is 11.3. The molecule has 0 saturated carbocycles. The van der Waals surface area contributed by atoms with Gasteiger partial charge in [0.25, 0.3) is 0 Å². The summed E-state index contributed by atoms with van der Waals surface area (Å²) in [5.74, 6) is -0.322. The van der Waals surface area contributed by atoms with Crippen molar-refractivity contribution in [3.05, 3.63) is 41.5 Å². The minimum Gasteiger partial charge on any atom is -0.466 e. The summed E-state index contributed by atoms with van der Waals surface area (Å²) in [5.41, 5.74) is 3.15. The lowest BCUT2D eigenvalue weighted by Gasteiger charge is -2.06. The lowest BCUT2D eigenvalue weighted by Crippen LogP contribution is -1.97. The molecule has 0 spiro atoms. The molecule has 15 heavy (non-hydrogen) atoms. The first-order valence-corrected chi connectivity index (χ1v) is 5.71. The highest BCUT2D eigenvalue weighted by atomic mass is 79.9. The van der Waals surface area contributed by atoms with E-state index in [2.05, 4.69) is 20.7 Å². The van der Waals surface area contributed by atoms with Gasteiger partial charge in [0.05, 0.1) is 7.11 Å². The number of benzene rings is 1. The zero-order valence-corrected chi connectivity index (χ0v) is 10.4. The maximum absolute atomic E-state index is 11.1. The van der Waals surface area contributed by atoms with Crippen molar-refractivity contribution in [1.82, 2.24) is 0 Å². The van der Waals surface area contributed by atoms with E-state index < -0.39 is 0 Å². The van der Waals surface area contributed by atoms with Crippen molar-refractivity contribution < 1.29 is 9.53 Å². The average molecular weight is 269 g/mol. The fraction of sp³-hybridized carbons (Fsp3) is 0.250. The molecule has 0 bridgehead atoms. The van der Waals surface area contributed by atoms with Crippen LogP contribution in [-0.2, 0) is 14.9 Å². The molecule has 3 heteroatoms. The van der Waals surface area contributed by atoms with Gasteiger partial charge in [-0.1, -0.05) is 40.2 Å². The van der Waals surface area contributed by atoms with Crippen LogP contribution >= 0.6 is 15.9 Å². The molecule has 0 radical (unpaired) electrons. The van der Waals surface area contributed by atoms with Crippen LogP contribution in [0.4, 0.5) is 0 Å². The Balaban J connectivity index is 3.05. The Kier molecular flexibility index (Phi) is 4.56. The first-order chi connectivity index (χ1) is 7.19. The number of alkyl halides is 1. The molecule has 2 nitrogen and oxygen atoms in total. The van der Waals surface area contributed by atoms with E-state index in [-0.39, 0.29) is 5.97 Å². The maximum Gasteiger partial charge on any atom is 0.330 e. The highest BCUT2D eigenvalue weighted by Crippen LogP contribution is 2.20. The summed E-state index contributed by atoms with van der Waals surface area (Å²) in [5, 5.41) is 0.773. The van der Waals surface area contributed by atoms with Crippen LogP contribution in [-0.4, -0.2) is 13.1 Å². The van der Waals surface area contributed by atoms with E-state index in [4.69, 9.17) is 0 Å². The Morgan fingerprint density at radius 3 is 2.73 bits per heavy atom. The molecule has 0 heterocycles. The molecule has 0 aliphatic rings. The molecule has 1 aromatic carbocycles. The molecule has 80 valence electrons. The highest BCUT2D eigenvalue weighted by Gasteiger charge is 2.04. The lowest BCUT2D eigenvalue weighted by molar-refractivity contribution is -0.134. The van der Waals surface area contributed by atoms with Crippen molar-refractivity contribution in [2.45, 2.75) is 12.3 Å². The SMILES string of the molecule is COC(=O)/C=C(/C)c1ccccc1CBr. The quantitative estimate of drug-likeness (QED) is 0.478. The van der Waals surface area contributed by atoms with Gasteiger partial charge in [0, 0.05) is 11.4 Å². The van der Waals surface area contributed by atoms with Gasteiger partial charge in [-0.25, -0.2) is 4.79 Å². The number of allylic oxidation sites excluding steroid dienone is 1. The van der Waals surface area contributed by atoms with Gasteiger partial charge >= 0.3 is 5.97 Å². The first-order valence-electron chi connectivity index (χ1n) is 4.59. The number of carbonyl (C=O) groups excluding carboxylic acids is 1. The van der Waals surface area contributed by atoms with Gasteiger partial charge in [0.2, 0.25) is 0 Å². The van der Waals surface area contributed by atoms with E-state index in [1.165, 1.54) is 13.2 Å². The third-order valence-corrected chi connectivity index (χ3v) is 2.73.